The number of aromatic nitrogens is 2. The van der Waals surface area contributed by atoms with Gasteiger partial charge in [-0.15, -0.1) is 0 Å². The first-order valence-corrected chi connectivity index (χ1v) is 7.19. The summed E-state index contributed by atoms with van der Waals surface area (Å²) in [6, 6.07) is 16.9. The van der Waals surface area contributed by atoms with Crippen molar-refractivity contribution >= 4 is 23.2 Å². The highest BCUT2D eigenvalue weighted by molar-refractivity contribution is 6.34. The number of aryl methyl sites for hydroxylation is 1. The van der Waals surface area contributed by atoms with Crippen LogP contribution in [0.1, 0.15) is 16.1 Å². The molecule has 0 unspecified atom stereocenters. The number of nitrogens with zero attached hydrogens (tertiary/aromatic N) is 1. The van der Waals surface area contributed by atoms with Crippen LogP contribution in [0.5, 0.6) is 0 Å². The predicted molar refractivity (Wildman–Crippen MR) is 88.2 cm³/mol. The van der Waals surface area contributed by atoms with Crippen LogP contribution in [0.2, 0.25) is 5.02 Å². The van der Waals surface area contributed by atoms with Gasteiger partial charge in [0.15, 0.2) is 0 Å². The molecule has 0 saturated heterocycles. The van der Waals surface area contributed by atoms with Gasteiger partial charge in [0.25, 0.3) is 5.91 Å². The maximum absolute atomic E-state index is 12.3. The second kappa shape index (κ2) is 6.03. The molecule has 0 spiro atoms. The van der Waals surface area contributed by atoms with E-state index in [1.165, 1.54) is 0 Å². The zero-order valence-electron chi connectivity index (χ0n) is 11.9. The minimum Gasteiger partial charge on any atom is -0.319 e. The lowest BCUT2D eigenvalue weighted by Gasteiger charge is -2.06. The van der Waals surface area contributed by atoms with E-state index in [4.69, 9.17) is 11.6 Å². The molecule has 0 atom stereocenters. The second-order valence-corrected chi connectivity index (χ2v) is 5.38. The predicted octanol–water partition coefficient (Wildman–Crippen LogP) is 4.29. The molecule has 0 aliphatic rings. The molecule has 22 heavy (non-hydrogen) atoms. The average Bonchev–Trinajstić information content (AvgIpc) is 3.01. The first kappa shape index (κ1) is 14.4. The van der Waals surface area contributed by atoms with E-state index in [0.29, 0.717) is 16.4 Å². The lowest BCUT2D eigenvalue weighted by atomic mass is 10.1. The SMILES string of the molecule is Cc1ccc(NC(=O)c2cc(-c3ccccc3)n[nH]2)c(Cl)c1. The molecule has 0 saturated carbocycles. The van der Waals surface area contributed by atoms with Gasteiger partial charge >= 0.3 is 0 Å². The Bertz CT molecular complexity index is 812. The zero-order valence-corrected chi connectivity index (χ0v) is 12.7. The van der Waals surface area contributed by atoms with Crippen LogP contribution in [-0.4, -0.2) is 16.1 Å². The van der Waals surface area contributed by atoms with E-state index >= 15 is 0 Å². The number of aromatic amines is 1. The number of carbonyl (C=O) groups excluding carboxylic acids is 1. The van der Waals surface area contributed by atoms with E-state index in [9.17, 15) is 4.79 Å². The van der Waals surface area contributed by atoms with Gasteiger partial charge in [-0.3, -0.25) is 9.89 Å². The van der Waals surface area contributed by atoms with Gasteiger partial charge in [-0.25, -0.2) is 0 Å². The van der Waals surface area contributed by atoms with Crippen molar-refractivity contribution < 1.29 is 4.79 Å². The van der Waals surface area contributed by atoms with Crippen molar-refractivity contribution in [1.82, 2.24) is 10.2 Å². The average molecular weight is 312 g/mol. The van der Waals surface area contributed by atoms with Crippen LogP contribution < -0.4 is 5.32 Å². The van der Waals surface area contributed by atoms with Gasteiger partial charge in [0.2, 0.25) is 0 Å². The second-order valence-electron chi connectivity index (χ2n) is 4.97. The monoisotopic (exact) mass is 311 g/mol. The van der Waals surface area contributed by atoms with Crippen molar-refractivity contribution in [2.45, 2.75) is 6.92 Å². The maximum atomic E-state index is 12.3. The molecule has 1 aromatic heterocycles. The fourth-order valence-electron chi connectivity index (χ4n) is 2.11. The first-order chi connectivity index (χ1) is 10.6. The summed E-state index contributed by atoms with van der Waals surface area (Å²) in [4.78, 5) is 12.3. The maximum Gasteiger partial charge on any atom is 0.273 e. The quantitative estimate of drug-likeness (QED) is 0.758. The Morgan fingerprint density at radius 3 is 2.64 bits per heavy atom. The van der Waals surface area contributed by atoms with E-state index in [0.717, 1.165) is 16.8 Å². The largest absolute Gasteiger partial charge is 0.319 e. The number of anilines is 1. The molecule has 0 aliphatic carbocycles. The Morgan fingerprint density at radius 1 is 1.14 bits per heavy atom. The van der Waals surface area contributed by atoms with Crippen LogP contribution in [0.15, 0.2) is 54.6 Å². The van der Waals surface area contributed by atoms with Crippen LogP contribution in [0, 0.1) is 6.92 Å². The molecule has 2 N–H and O–H groups in total. The normalized spacial score (nSPS) is 10.5. The smallest absolute Gasteiger partial charge is 0.273 e. The third kappa shape index (κ3) is 3.02. The van der Waals surface area contributed by atoms with Gasteiger partial charge in [-0.1, -0.05) is 48.0 Å². The molecule has 0 aliphatic heterocycles. The Morgan fingerprint density at radius 2 is 1.91 bits per heavy atom. The van der Waals surface area contributed by atoms with Gasteiger partial charge in [0, 0.05) is 5.56 Å². The molecule has 1 amide bonds. The summed E-state index contributed by atoms with van der Waals surface area (Å²) < 4.78 is 0. The summed E-state index contributed by atoms with van der Waals surface area (Å²) in [6.45, 7) is 1.94. The number of halogens is 1. The number of H-pyrrole nitrogens is 1. The van der Waals surface area contributed by atoms with Gasteiger partial charge in [-0.05, 0) is 30.7 Å². The fraction of sp³-hybridized carbons (Fsp3) is 0.0588. The van der Waals surface area contributed by atoms with Gasteiger partial charge in [0.05, 0.1) is 16.4 Å². The highest BCUT2D eigenvalue weighted by Gasteiger charge is 2.12. The highest BCUT2D eigenvalue weighted by atomic mass is 35.5. The molecule has 3 rings (SSSR count). The molecule has 5 heteroatoms. The molecule has 0 radical (unpaired) electrons. The van der Waals surface area contributed by atoms with Crippen molar-refractivity contribution in [2.24, 2.45) is 0 Å². The van der Waals surface area contributed by atoms with Crippen LogP contribution in [0.3, 0.4) is 0 Å². The Labute approximate surface area is 133 Å². The topological polar surface area (TPSA) is 57.8 Å². The van der Waals surface area contributed by atoms with Crippen molar-refractivity contribution in [2.75, 3.05) is 5.32 Å². The Hall–Kier alpha value is -2.59. The number of amides is 1. The van der Waals surface area contributed by atoms with E-state index in [1.54, 1.807) is 18.2 Å². The number of benzene rings is 2. The molecule has 110 valence electrons. The number of nitrogens with one attached hydrogen (secondary N) is 2. The van der Waals surface area contributed by atoms with E-state index < -0.39 is 0 Å². The molecular weight excluding hydrogens is 298 g/mol. The van der Waals surface area contributed by atoms with E-state index in [1.807, 2.05) is 43.3 Å². The Kier molecular flexibility index (Phi) is 3.94. The summed E-state index contributed by atoms with van der Waals surface area (Å²) in [5, 5.41) is 10.2. The number of rotatable bonds is 3. The van der Waals surface area contributed by atoms with E-state index in [-0.39, 0.29) is 5.91 Å². The third-order valence-electron chi connectivity index (χ3n) is 3.26. The molecule has 3 aromatic rings. The number of hydrogen-bond acceptors (Lipinski definition) is 2. The van der Waals surface area contributed by atoms with Crippen molar-refractivity contribution in [1.29, 1.82) is 0 Å². The zero-order chi connectivity index (χ0) is 15.5. The van der Waals surface area contributed by atoms with Crippen LogP contribution >= 0.6 is 11.6 Å². The van der Waals surface area contributed by atoms with Gasteiger partial charge in [-0.2, -0.15) is 5.10 Å². The standard InChI is InChI=1S/C17H14ClN3O/c1-11-7-8-14(13(18)9-11)19-17(22)16-10-15(20-21-16)12-5-3-2-4-6-12/h2-10H,1H3,(H,19,22)(H,20,21). The van der Waals surface area contributed by atoms with E-state index in [2.05, 4.69) is 15.5 Å². The fourth-order valence-corrected chi connectivity index (χ4v) is 2.39. The number of carbonyl (C=O) groups is 1. The lowest BCUT2D eigenvalue weighted by molar-refractivity contribution is 0.102. The summed E-state index contributed by atoms with van der Waals surface area (Å²) in [7, 11) is 0. The van der Waals surface area contributed by atoms with Gasteiger partial charge in [0.1, 0.15) is 5.69 Å². The van der Waals surface area contributed by atoms with Gasteiger partial charge < -0.3 is 5.32 Å². The Balaban J connectivity index is 1.80. The highest BCUT2D eigenvalue weighted by Crippen LogP contribution is 2.23. The molecule has 1 heterocycles. The molecule has 4 nitrogen and oxygen atoms in total. The van der Waals surface area contributed by atoms with Crippen molar-refractivity contribution in [3.63, 3.8) is 0 Å². The van der Waals surface area contributed by atoms with Crippen LogP contribution in [0.4, 0.5) is 5.69 Å². The molecule has 0 fully saturated rings. The van der Waals surface area contributed by atoms with Crippen molar-refractivity contribution in [3.05, 3.63) is 70.9 Å². The van der Waals surface area contributed by atoms with Crippen LogP contribution in [0.25, 0.3) is 11.3 Å². The minimum absolute atomic E-state index is 0.277. The molecular formula is C17H14ClN3O. The first-order valence-electron chi connectivity index (χ1n) is 6.82. The summed E-state index contributed by atoms with van der Waals surface area (Å²) in [5.74, 6) is -0.277. The summed E-state index contributed by atoms with van der Waals surface area (Å²) >= 11 is 6.12. The summed E-state index contributed by atoms with van der Waals surface area (Å²) in [6.07, 6.45) is 0. The molecule has 0 bridgehead atoms. The number of hydrogen-bond donors (Lipinski definition) is 2. The minimum atomic E-state index is -0.277. The third-order valence-corrected chi connectivity index (χ3v) is 3.58. The summed E-state index contributed by atoms with van der Waals surface area (Å²) in [5.41, 5.74) is 3.67. The lowest BCUT2D eigenvalue weighted by Crippen LogP contribution is -2.12. The van der Waals surface area contributed by atoms with Crippen LogP contribution in [-0.2, 0) is 0 Å². The van der Waals surface area contributed by atoms with Crippen molar-refractivity contribution in [3.8, 4) is 11.3 Å². The molecule has 2 aromatic carbocycles.